The van der Waals surface area contributed by atoms with Gasteiger partial charge in [-0.3, -0.25) is 9.78 Å². The zero-order valence-corrected chi connectivity index (χ0v) is 16.7. The number of amidine groups is 1. The molecule has 1 aromatic carbocycles. The summed E-state index contributed by atoms with van der Waals surface area (Å²) in [4.78, 5) is 20.1. The van der Waals surface area contributed by atoms with Gasteiger partial charge in [0.1, 0.15) is 29.8 Å². The van der Waals surface area contributed by atoms with E-state index in [2.05, 4.69) is 14.7 Å². The maximum atomic E-state index is 14.7. The highest BCUT2D eigenvalue weighted by atomic mass is 19.4. The molecule has 0 aliphatic carbocycles. The lowest BCUT2D eigenvalue weighted by atomic mass is 9.79. The number of carbonyl (C=O) groups excluding carboxylic acids is 1. The van der Waals surface area contributed by atoms with Gasteiger partial charge < -0.3 is 10.5 Å². The molecule has 0 bridgehead atoms. The van der Waals surface area contributed by atoms with Gasteiger partial charge in [0.25, 0.3) is 6.02 Å². The van der Waals surface area contributed by atoms with Crippen molar-refractivity contribution in [2.75, 3.05) is 6.67 Å². The fourth-order valence-electron chi connectivity index (χ4n) is 3.50. The van der Waals surface area contributed by atoms with Crippen molar-refractivity contribution in [3.63, 3.8) is 0 Å². The van der Waals surface area contributed by atoms with E-state index in [-0.39, 0.29) is 23.2 Å². The molecule has 0 saturated heterocycles. The quantitative estimate of drug-likeness (QED) is 0.550. The van der Waals surface area contributed by atoms with Gasteiger partial charge in [-0.2, -0.15) is 18.4 Å². The molecule has 11 heteroatoms. The Kier molecular flexibility index (Phi) is 5.91. The van der Waals surface area contributed by atoms with Gasteiger partial charge in [-0.1, -0.05) is 6.07 Å². The Morgan fingerprint density at radius 2 is 2.03 bits per heavy atom. The van der Waals surface area contributed by atoms with Crippen molar-refractivity contribution in [3.05, 3.63) is 64.7 Å². The molecule has 1 aliphatic heterocycles. The second kappa shape index (κ2) is 8.18. The number of hydrogen-bond acceptors (Lipinski definition) is 6. The minimum Gasteiger partial charge on any atom is -0.449 e. The second-order valence-corrected chi connectivity index (χ2v) is 7.58. The van der Waals surface area contributed by atoms with Crippen molar-refractivity contribution >= 4 is 11.8 Å². The number of aromatic nitrogens is 1. The van der Waals surface area contributed by atoms with Gasteiger partial charge >= 0.3 is 6.18 Å². The minimum absolute atomic E-state index is 0.0352. The zero-order valence-electron chi connectivity index (χ0n) is 16.7. The summed E-state index contributed by atoms with van der Waals surface area (Å²) < 4.78 is 74.2. The molecule has 168 valence electrons. The number of halogens is 5. The van der Waals surface area contributed by atoms with Crippen LogP contribution in [0.15, 0.2) is 41.5 Å². The first-order valence-electron chi connectivity index (χ1n) is 9.28. The lowest BCUT2D eigenvalue weighted by Crippen LogP contribution is -2.56. The van der Waals surface area contributed by atoms with Crippen LogP contribution in [0, 0.1) is 17.1 Å². The van der Waals surface area contributed by atoms with Crippen molar-refractivity contribution in [2.24, 2.45) is 10.7 Å². The van der Waals surface area contributed by atoms with Gasteiger partial charge in [-0.05, 0) is 36.8 Å². The van der Waals surface area contributed by atoms with Crippen LogP contribution in [0.25, 0.3) is 0 Å². The number of alkyl halides is 4. The standard InChI is InChI=1S/C21H17F5N4O2/c1-19(21(24,25)26)10-20(11-22,30-18(28)32-19)14-6-12(2-4-15(14)23)7-17(31)16-5-3-13(8-27)9-29-16/h2-6,9H,7,10-11H2,1H3,(H2,28,30)/t19-,20+/m1/s1. The molecule has 3 rings (SSSR count). The van der Waals surface area contributed by atoms with Crippen LogP contribution in [0.2, 0.25) is 0 Å². The largest absolute Gasteiger partial charge is 0.449 e. The molecule has 0 spiro atoms. The van der Waals surface area contributed by atoms with Crippen LogP contribution >= 0.6 is 0 Å². The molecule has 0 radical (unpaired) electrons. The van der Waals surface area contributed by atoms with Crippen LogP contribution in [0.5, 0.6) is 0 Å². The average molecular weight is 452 g/mol. The fraction of sp³-hybridized carbons (Fsp3) is 0.333. The molecule has 1 aliphatic rings. The molecule has 0 unspecified atom stereocenters. The maximum absolute atomic E-state index is 14.7. The van der Waals surface area contributed by atoms with Crippen molar-refractivity contribution in [2.45, 2.75) is 37.1 Å². The summed E-state index contributed by atoms with van der Waals surface area (Å²) in [5.74, 6) is -1.49. The lowest BCUT2D eigenvalue weighted by Gasteiger charge is -2.42. The van der Waals surface area contributed by atoms with Crippen LogP contribution in [0.4, 0.5) is 22.0 Å². The van der Waals surface area contributed by atoms with Crippen molar-refractivity contribution in [1.29, 1.82) is 5.26 Å². The third-order valence-electron chi connectivity index (χ3n) is 5.18. The molecule has 0 fully saturated rings. The minimum atomic E-state index is -4.93. The van der Waals surface area contributed by atoms with E-state index < -0.39 is 53.6 Å². The van der Waals surface area contributed by atoms with Gasteiger partial charge in [-0.15, -0.1) is 0 Å². The second-order valence-electron chi connectivity index (χ2n) is 7.58. The van der Waals surface area contributed by atoms with Crippen LogP contribution in [0.1, 0.15) is 40.5 Å². The summed E-state index contributed by atoms with van der Waals surface area (Å²) >= 11 is 0. The number of carbonyl (C=O) groups is 1. The molecule has 2 heterocycles. The van der Waals surface area contributed by atoms with E-state index in [9.17, 15) is 26.7 Å². The van der Waals surface area contributed by atoms with Crippen LogP contribution in [-0.4, -0.2) is 35.2 Å². The SMILES string of the molecule is C[C@]1(C(F)(F)F)C[C@](CF)(c2cc(CC(=O)c3ccc(C#N)cn3)ccc2F)N=C(N)O1. The summed E-state index contributed by atoms with van der Waals surface area (Å²) in [6.07, 6.45) is -5.06. The molecule has 2 aromatic rings. The molecular weight excluding hydrogens is 435 g/mol. The van der Waals surface area contributed by atoms with Crippen LogP contribution < -0.4 is 5.73 Å². The highest BCUT2D eigenvalue weighted by Crippen LogP contribution is 2.47. The molecule has 6 nitrogen and oxygen atoms in total. The number of Topliss-reactive ketones (excluding diaryl/α,β-unsaturated/α-hetero) is 1. The number of aliphatic imine (C=N–C) groups is 1. The third kappa shape index (κ3) is 4.26. The summed E-state index contributed by atoms with van der Waals surface area (Å²) in [5, 5.41) is 8.80. The number of hydrogen-bond donors (Lipinski definition) is 1. The Labute approximate surface area is 179 Å². The van der Waals surface area contributed by atoms with E-state index in [0.717, 1.165) is 12.1 Å². The molecule has 2 atom stereocenters. The summed E-state index contributed by atoms with van der Waals surface area (Å²) in [6.45, 7) is -0.797. The molecule has 0 saturated carbocycles. The number of nitrogens with two attached hydrogens (primary N) is 1. The van der Waals surface area contributed by atoms with E-state index in [4.69, 9.17) is 11.0 Å². The van der Waals surface area contributed by atoms with Crippen molar-refractivity contribution < 1.29 is 31.5 Å². The van der Waals surface area contributed by atoms with E-state index in [1.54, 1.807) is 0 Å². The lowest BCUT2D eigenvalue weighted by molar-refractivity contribution is -0.258. The summed E-state index contributed by atoms with van der Waals surface area (Å²) in [5.41, 5.74) is 0.254. The molecular formula is C21H17F5N4O2. The Morgan fingerprint density at radius 1 is 1.31 bits per heavy atom. The van der Waals surface area contributed by atoms with Gasteiger partial charge in [0, 0.05) is 24.6 Å². The highest BCUT2D eigenvalue weighted by Gasteiger charge is 2.61. The first-order chi connectivity index (χ1) is 14.9. The monoisotopic (exact) mass is 452 g/mol. The normalized spacial score (nSPS) is 23.1. The topological polar surface area (TPSA) is 101 Å². The predicted octanol–water partition coefficient (Wildman–Crippen LogP) is 3.74. The number of nitrogens with zero attached hydrogens (tertiary/aromatic N) is 3. The zero-order chi connectivity index (χ0) is 23.7. The molecule has 1 aromatic heterocycles. The van der Waals surface area contributed by atoms with E-state index in [1.807, 2.05) is 6.07 Å². The van der Waals surface area contributed by atoms with Gasteiger partial charge in [0.2, 0.25) is 5.60 Å². The molecule has 0 amide bonds. The molecule has 2 N–H and O–H groups in total. The summed E-state index contributed by atoms with van der Waals surface area (Å²) in [7, 11) is 0. The van der Waals surface area contributed by atoms with Gasteiger partial charge in [0.05, 0.1) is 5.56 Å². The predicted molar refractivity (Wildman–Crippen MR) is 103 cm³/mol. The number of rotatable bonds is 5. The Hall–Kier alpha value is -3.55. The number of benzene rings is 1. The number of pyridine rings is 1. The Bertz CT molecular complexity index is 1110. The molecule has 32 heavy (non-hydrogen) atoms. The van der Waals surface area contributed by atoms with Crippen molar-refractivity contribution in [1.82, 2.24) is 4.98 Å². The van der Waals surface area contributed by atoms with Crippen molar-refractivity contribution in [3.8, 4) is 6.07 Å². The smallest absolute Gasteiger partial charge is 0.428 e. The fourth-order valence-corrected chi connectivity index (χ4v) is 3.50. The third-order valence-corrected chi connectivity index (χ3v) is 5.18. The van der Waals surface area contributed by atoms with Crippen LogP contribution in [0.3, 0.4) is 0 Å². The summed E-state index contributed by atoms with van der Waals surface area (Å²) in [6, 6.07) is 6.94. The van der Waals surface area contributed by atoms with Gasteiger partial charge in [0.15, 0.2) is 5.78 Å². The van der Waals surface area contributed by atoms with Crippen LogP contribution in [-0.2, 0) is 16.7 Å². The first kappa shape index (κ1) is 23.1. The Balaban J connectivity index is 1.98. The number of ketones is 1. The highest BCUT2D eigenvalue weighted by molar-refractivity contribution is 5.95. The van der Waals surface area contributed by atoms with Gasteiger partial charge in [-0.25, -0.2) is 13.8 Å². The van der Waals surface area contributed by atoms with E-state index in [1.165, 1.54) is 24.4 Å². The maximum Gasteiger partial charge on any atom is 0.428 e. The van der Waals surface area contributed by atoms with E-state index in [0.29, 0.717) is 6.92 Å². The number of ether oxygens (including phenoxy) is 1. The average Bonchev–Trinajstić information content (AvgIpc) is 2.73. The Morgan fingerprint density at radius 3 is 2.59 bits per heavy atom. The number of nitriles is 1. The first-order valence-corrected chi connectivity index (χ1v) is 9.28. The van der Waals surface area contributed by atoms with E-state index >= 15 is 0 Å².